The van der Waals surface area contributed by atoms with Gasteiger partial charge in [0.1, 0.15) is 40.2 Å². The largest absolute Gasteiger partial charge is 0.466 e. The van der Waals surface area contributed by atoms with Crippen LogP contribution in [0.2, 0.25) is 0 Å². The summed E-state index contributed by atoms with van der Waals surface area (Å²) >= 11 is 0. The number of nitrogens with zero attached hydrogens (tertiary/aromatic N) is 5. The van der Waals surface area contributed by atoms with Crippen LogP contribution in [0.4, 0.5) is 19.2 Å². The number of halogens is 1. The van der Waals surface area contributed by atoms with Crippen LogP contribution in [-0.2, 0) is 97.1 Å². The van der Waals surface area contributed by atoms with Crippen molar-refractivity contribution in [3.05, 3.63) is 191 Å². The molecule has 0 aromatic heterocycles. The first kappa shape index (κ1) is 122. The molecule has 5 saturated heterocycles. The highest BCUT2D eigenvalue weighted by atomic mass is 35.5. The van der Waals surface area contributed by atoms with Gasteiger partial charge in [0.05, 0.1) is 83.2 Å². The van der Waals surface area contributed by atoms with E-state index >= 15 is 0 Å². The number of hydrogen-bond donors (Lipinski definition) is 5. The summed E-state index contributed by atoms with van der Waals surface area (Å²) in [6, 6.07) is 50.0. The smallest absolute Gasteiger partial charge is 0.410 e. The van der Waals surface area contributed by atoms with Gasteiger partial charge >= 0.3 is 60.2 Å². The van der Waals surface area contributed by atoms with E-state index in [0.29, 0.717) is 135 Å². The average Bonchev–Trinajstić information content (AvgIpc) is 0.814. The predicted octanol–water partition coefficient (Wildman–Crippen LogP) is 15.7. The fourth-order valence-corrected chi connectivity index (χ4v) is 15.7. The molecule has 6 heterocycles. The van der Waals surface area contributed by atoms with Gasteiger partial charge < -0.3 is 94.0 Å². The number of rotatable bonds is 24. The number of nitrogens with two attached hydrogens (primary N) is 1. The summed E-state index contributed by atoms with van der Waals surface area (Å²) in [4.78, 5) is 164. The lowest BCUT2D eigenvalue weighted by molar-refractivity contribution is -0.155. The number of ether oxygens (including phenoxy) is 10. The predicted molar refractivity (Wildman–Crippen MR) is 541 cm³/mol. The van der Waals surface area contributed by atoms with E-state index in [4.69, 9.17) is 53.1 Å². The normalized spacial score (nSPS) is 19.6. The van der Waals surface area contributed by atoms with Gasteiger partial charge in [0.2, 0.25) is 0 Å². The topological polar surface area (TPSA) is 405 Å². The fourth-order valence-electron chi connectivity index (χ4n) is 15.7. The van der Waals surface area contributed by atoms with E-state index < -0.39 is 52.2 Å². The summed E-state index contributed by atoms with van der Waals surface area (Å²) in [6.07, 6.45) is 1.36. The van der Waals surface area contributed by atoms with Crippen molar-refractivity contribution in [1.82, 2.24) is 45.8 Å². The highest BCUT2D eigenvalue weighted by Crippen LogP contribution is 2.30. The van der Waals surface area contributed by atoms with Crippen LogP contribution in [0.5, 0.6) is 0 Å². The second-order valence-electron chi connectivity index (χ2n) is 38.7. The van der Waals surface area contributed by atoms with Crippen molar-refractivity contribution in [3.63, 3.8) is 0 Å². The number of nitrogens with one attached hydrogen (secondary N) is 4. The molecule has 11 atom stereocenters. The van der Waals surface area contributed by atoms with Crippen molar-refractivity contribution in [2.45, 2.75) is 256 Å². The Morgan fingerprint density at radius 3 is 1.06 bits per heavy atom. The van der Waals surface area contributed by atoms with E-state index in [0.717, 1.165) is 36.3 Å². The molecule has 141 heavy (non-hydrogen) atoms. The minimum Gasteiger partial charge on any atom is -0.466 e. The highest BCUT2D eigenvalue weighted by molar-refractivity contribution is 6.02. The van der Waals surface area contributed by atoms with E-state index in [1.54, 1.807) is 63.2 Å². The van der Waals surface area contributed by atoms with Crippen molar-refractivity contribution in [3.8, 4) is 0 Å². The number of esters is 6. The molecule has 5 unspecified atom stereocenters. The van der Waals surface area contributed by atoms with Crippen molar-refractivity contribution >= 4 is 89.9 Å². The van der Waals surface area contributed by atoms with Crippen LogP contribution in [0, 0.1) is 29.6 Å². The number of piperidine rings is 5. The Labute approximate surface area is 841 Å². The van der Waals surface area contributed by atoms with Crippen LogP contribution in [0.1, 0.15) is 243 Å². The van der Waals surface area contributed by atoms with E-state index in [-0.39, 0.29) is 146 Å². The number of hydrogen-bond acceptors (Lipinski definition) is 29. The third-order valence-electron chi connectivity index (χ3n) is 22.6. The maximum atomic E-state index is 12.5. The molecule has 0 bridgehead atoms. The highest BCUT2D eigenvalue weighted by Gasteiger charge is 2.43. The molecule has 33 nitrogen and oxygen atoms in total. The molecule has 5 aromatic rings. The van der Waals surface area contributed by atoms with Crippen LogP contribution in [-0.4, -0.2) is 255 Å². The summed E-state index contributed by atoms with van der Waals surface area (Å²) in [7, 11) is 0. The second-order valence-corrected chi connectivity index (χ2v) is 38.7. The maximum Gasteiger partial charge on any atom is 0.410 e. The fraction of sp³-hybridized carbons (Fsp3) is 0.579. The third kappa shape index (κ3) is 44.8. The molecule has 5 aromatic carbocycles. The van der Waals surface area contributed by atoms with Crippen molar-refractivity contribution in [2.75, 3.05) is 118 Å². The zero-order valence-corrected chi connectivity index (χ0v) is 87.9. The quantitative estimate of drug-likeness (QED) is 0.0218. The Bertz CT molecular complexity index is 4610. The summed E-state index contributed by atoms with van der Waals surface area (Å²) in [5.74, 6) is -4.77. The molecule has 0 aliphatic carbocycles. The molecule has 0 saturated carbocycles. The number of ketones is 3. The second kappa shape index (κ2) is 61.5. The average molecular weight is 1990 g/mol. The lowest BCUT2D eigenvalue weighted by Crippen LogP contribution is -2.56. The first-order chi connectivity index (χ1) is 66.1. The van der Waals surface area contributed by atoms with Gasteiger partial charge in [-0.15, -0.1) is 12.4 Å². The Hall–Kier alpha value is -11.4. The summed E-state index contributed by atoms with van der Waals surface area (Å²) in [6.45, 7) is 48.2. The van der Waals surface area contributed by atoms with Crippen LogP contribution in [0.25, 0.3) is 0 Å². The van der Waals surface area contributed by atoms with E-state index in [1.165, 1.54) is 16.0 Å². The van der Waals surface area contributed by atoms with Gasteiger partial charge in [-0.1, -0.05) is 152 Å². The van der Waals surface area contributed by atoms with Crippen LogP contribution < -0.4 is 27.0 Å². The van der Waals surface area contributed by atoms with Crippen LogP contribution in [0.3, 0.4) is 0 Å². The Morgan fingerprint density at radius 2 is 0.709 bits per heavy atom. The first-order valence-corrected chi connectivity index (χ1v) is 49.1. The molecular formula is C107H159ClN10O23. The molecule has 6 aliphatic heterocycles. The zero-order valence-electron chi connectivity index (χ0n) is 87.1. The zero-order chi connectivity index (χ0) is 104. The first-order valence-electron chi connectivity index (χ1n) is 49.1. The number of amides is 4. The lowest BCUT2D eigenvalue weighted by atomic mass is 9.90. The monoisotopic (exact) mass is 1990 g/mol. The lowest BCUT2D eigenvalue weighted by Gasteiger charge is -2.39. The molecule has 6 N–H and O–H groups in total. The molecule has 0 radical (unpaired) electrons. The van der Waals surface area contributed by atoms with Gasteiger partial charge in [-0.3, -0.25) is 43.3 Å². The van der Waals surface area contributed by atoms with Gasteiger partial charge in [-0.05, 0) is 225 Å². The van der Waals surface area contributed by atoms with Gasteiger partial charge in [0.25, 0.3) is 0 Å². The summed E-state index contributed by atoms with van der Waals surface area (Å²) in [5.41, 5.74) is 10.4. The van der Waals surface area contributed by atoms with Gasteiger partial charge in [0.15, 0.2) is 17.3 Å². The number of carbonyl (C=O) groups excluding carboxylic acids is 13. The Balaban J connectivity index is 0.000000351. The molecule has 5 fully saturated rings. The van der Waals surface area contributed by atoms with E-state index in [1.807, 2.05) is 242 Å². The molecular weight excluding hydrogens is 1830 g/mol. The van der Waals surface area contributed by atoms with Crippen molar-refractivity contribution in [2.24, 2.45) is 35.3 Å². The standard InChI is InChI=1S/2C21H32N2O4.C21H30N2O4.C15H19NO3.C13H21NO5.C8H13NO3.C8H11N.ClH/c3*1-6-26-19(24)17-12-13-23(20(25)27-21(3,4)5)14-18(17)22-15(2)16-10-8-7-9-11-16;1-2-19-15(18)13-8-9-16(11-14(13)17)10-12-6-4-3-5-7-12;1-5-18-11(16)9-6-7-14(8-10(9)15)12(17)19-13(2,3)4;1-2-12-8(11)6-3-4-9-5-7(6)10;1-7(9)8-5-3-2-4-6-8;/h2*7-11,15,17-18,22H,6,12-14H2,1-5H3;7-11,15,22H,6,12-14H2,1-5H3;3-7,13H,2,8-11H2,1H3;9H,5-8H2,1-4H3;6,9H,2-5H2,1H3;2-7H,9H2,1H3;1H/t15-,17?,18?;15-,17-,18-;15-;;;;7-;/m000...0./s1. The van der Waals surface area contributed by atoms with Gasteiger partial charge in [-0.25, -0.2) is 24.0 Å². The molecule has 782 valence electrons. The molecule has 0 spiro atoms. The minimum absolute atomic E-state index is 0. The number of carbonyl (C=O) groups is 13. The molecule has 11 rings (SSSR count). The summed E-state index contributed by atoms with van der Waals surface area (Å²) in [5, 5.41) is 13.3. The van der Waals surface area contributed by atoms with Gasteiger partial charge in [0, 0.05) is 94.3 Å². The Morgan fingerprint density at radius 1 is 0.383 bits per heavy atom. The van der Waals surface area contributed by atoms with Crippen molar-refractivity contribution < 1.29 is 110 Å². The minimum atomic E-state index is -0.751. The number of benzene rings is 5. The number of likely N-dealkylation sites (tertiary alicyclic amines) is 4. The maximum absolute atomic E-state index is 12.5. The molecule has 4 amide bonds. The van der Waals surface area contributed by atoms with E-state index in [9.17, 15) is 62.3 Å². The third-order valence-corrected chi connectivity index (χ3v) is 22.6. The van der Waals surface area contributed by atoms with Crippen molar-refractivity contribution in [1.29, 1.82) is 0 Å². The van der Waals surface area contributed by atoms with E-state index in [2.05, 4.69) is 40.0 Å². The molecule has 34 heteroatoms. The number of Topliss-reactive ketones (excluding diaryl/α,β-unsaturated/α-hetero) is 3. The van der Waals surface area contributed by atoms with Gasteiger partial charge in [-0.2, -0.15) is 0 Å². The van der Waals surface area contributed by atoms with Crippen LogP contribution >= 0.6 is 12.4 Å². The van der Waals surface area contributed by atoms with Crippen LogP contribution in [0.15, 0.2) is 163 Å². The summed E-state index contributed by atoms with van der Waals surface area (Å²) < 4.78 is 51.9. The molecule has 6 aliphatic rings. The SMILES string of the molecule is CCOC(=O)C1=C(N[C@@H](C)c2ccccc2)CN(C(=O)OC(C)(C)C)CC1.CCOC(=O)C1CCN(C(=O)OC(C)(C)C)CC1=O.CCOC(=O)C1CCN(C(=O)OC(C)(C)C)CC1N[C@@H](C)c1ccccc1.CCOC(=O)C1CCN(Cc2ccccc2)CC1=O.CCOC(=O)C1CCNCC1=O.CCOC(=O)[C@H]1CCN(C(=O)OC(C)(C)C)C[C@@H]1N[C@@H](C)c1ccccc1.C[C@H](N)c1ccccc1.Cl. The Kier molecular flexibility index (Phi) is 53.2.